The maximum atomic E-state index is 13.0. The summed E-state index contributed by atoms with van der Waals surface area (Å²) in [4.78, 5) is 24.4. The Morgan fingerprint density at radius 1 is 1.08 bits per heavy atom. The molecule has 1 atom stereocenters. The molecular formula is C18H18FNO4. The van der Waals surface area contributed by atoms with E-state index in [1.807, 2.05) is 0 Å². The van der Waals surface area contributed by atoms with Crippen LogP contribution in [0.1, 0.15) is 15.9 Å². The van der Waals surface area contributed by atoms with Crippen LogP contribution >= 0.6 is 0 Å². The average molecular weight is 331 g/mol. The largest absolute Gasteiger partial charge is 0.496 e. The minimum absolute atomic E-state index is 0.188. The van der Waals surface area contributed by atoms with Crippen LogP contribution in [0.25, 0.3) is 0 Å². The summed E-state index contributed by atoms with van der Waals surface area (Å²) in [6.45, 7) is 0. The first-order chi connectivity index (χ1) is 11.5. The van der Waals surface area contributed by atoms with Gasteiger partial charge < -0.3 is 14.8 Å². The number of halogens is 1. The lowest BCUT2D eigenvalue weighted by Crippen LogP contribution is -2.43. The Labute approximate surface area is 139 Å². The number of rotatable bonds is 6. The van der Waals surface area contributed by atoms with Crippen LogP contribution in [0.2, 0.25) is 0 Å². The van der Waals surface area contributed by atoms with Crippen molar-refractivity contribution in [1.29, 1.82) is 0 Å². The Balaban J connectivity index is 2.17. The molecule has 5 nitrogen and oxygen atoms in total. The molecule has 0 fully saturated rings. The van der Waals surface area contributed by atoms with Crippen molar-refractivity contribution in [2.24, 2.45) is 0 Å². The maximum absolute atomic E-state index is 13.0. The van der Waals surface area contributed by atoms with Gasteiger partial charge in [-0.2, -0.15) is 0 Å². The molecule has 24 heavy (non-hydrogen) atoms. The normalized spacial score (nSPS) is 11.5. The number of methoxy groups -OCH3 is 2. The van der Waals surface area contributed by atoms with Crippen LogP contribution in [-0.4, -0.2) is 32.1 Å². The highest BCUT2D eigenvalue weighted by Gasteiger charge is 2.24. The third-order valence-corrected chi connectivity index (χ3v) is 3.50. The van der Waals surface area contributed by atoms with Crippen molar-refractivity contribution >= 4 is 11.9 Å². The van der Waals surface area contributed by atoms with Crippen molar-refractivity contribution in [3.05, 3.63) is 65.5 Å². The molecule has 0 bridgehead atoms. The van der Waals surface area contributed by atoms with Crippen LogP contribution in [0.3, 0.4) is 0 Å². The smallest absolute Gasteiger partial charge is 0.328 e. The number of hydrogen-bond acceptors (Lipinski definition) is 4. The number of amides is 1. The van der Waals surface area contributed by atoms with Crippen LogP contribution in [0, 0.1) is 5.82 Å². The van der Waals surface area contributed by atoms with Gasteiger partial charge in [0.15, 0.2) is 0 Å². The highest BCUT2D eigenvalue weighted by Crippen LogP contribution is 2.17. The van der Waals surface area contributed by atoms with Gasteiger partial charge in [0.2, 0.25) is 0 Å². The molecule has 0 heterocycles. The molecular weight excluding hydrogens is 313 g/mol. The van der Waals surface area contributed by atoms with Gasteiger partial charge in [0.1, 0.15) is 17.6 Å². The highest BCUT2D eigenvalue weighted by atomic mass is 19.1. The van der Waals surface area contributed by atoms with Gasteiger partial charge in [0, 0.05) is 6.42 Å². The van der Waals surface area contributed by atoms with Crippen molar-refractivity contribution < 1.29 is 23.5 Å². The van der Waals surface area contributed by atoms with Crippen LogP contribution in [0.5, 0.6) is 5.75 Å². The van der Waals surface area contributed by atoms with Gasteiger partial charge in [-0.3, -0.25) is 4.79 Å². The fourth-order valence-electron chi connectivity index (χ4n) is 2.26. The molecule has 1 amide bonds. The summed E-state index contributed by atoms with van der Waals surface area (Å²) in [5.41, 5.74) is 1.01. The Hall–Kier alpha value is -2.89. The lowest BCUT2D eigenvalue weighted by atomic mass is 10.1. The summed E-state index contributed by atoms with van der Waals surface area (Å²) in [5, 5.41) is 2.63. The standard InChI is InChI=1S/C18H18FNO4/c1-23-16-6-4-3-5-14(16)17(21)20-15(18(22)24-2)11-12-7-9-13(19)10-8-12/h3-10,15H,11H2,1-2H3,(H,20,21)/t15-/m1/s1. The Kier molecular flexibility index (Phi) is 5.89. The quantitative estimate of drug-likeness (QED) is 0.825. The topological polar surface area (TPSA) is 64.6 Å². The van der Waals surface area contributed by atoms with Crippen LogP contribution in [0.15, 0.2) is 48.5 Å². The van der Waals surface area contributed by atoms with E-state index in [-0.39, 0.29) is 12.2 Å². The first-order valence-electron chi connectivity index (χ1n) is 7.31. The van der Waals surface area contributed by atoms with Gasteiger partial charge in [0.05, 0.1) is 19.8 Å². The molecule has 0 radical (unpaired) electrons. The number of benzene rings is 2. The van der Waals surface area contributed by atoms with Gasteiger partial charge in [-0.1, -0.05) is 24.3 Å². The zero-order chi connectivity index (χ0) is 17.5. The summed E-state index contributed by atoms with van der Waals surface area (Å²) in [7, 11) is 2.71. The molecule has 0 saturated heterocycles. The van der Waals surface area contributed by atoms with E-state index in [0.29, 0.717) is 16.9 Å². The molecule has 126 valence electrons. The van der Waals surface area contributed by atoms with Crippen LogP contribution in [-0.2, 0) is 16.0 Å². The Morgan fingerprint density at radius 2 is 1.75 bits per heavy atom. The van der Waals surface area contributed by atoms with Crippen LogP contribution < -0.4 is 10.1 Å². The van der Waals surface area contributed by atoms with E-state index < -0.39 is 17.9 Å². The summed E-state index contributed by atoms with van der Waals surface area (Å²) in [5.74, 6) is -1.00. The van der Waals surface area contributed by atoms with Crippen molar-refractivity contribution in [2.75, 3.05) is 14.2 Å². The highest BCUT2D eigenvalue weighted by molar-refractivity contribution is 5.99. The molecule has 2 aromatic carbocycles. The van der Waals surface area contributed by atoms with E-state index in [9.17, 15) is 14.0 Å². The maximum Gasteiger partial charge on any atom is 0.328 e. The van der Waals surface area contributed by atoms with Crippen molar-refractivity contribution in [3.63, 3.8) is 0 Å². The number of para-hydroxylation sites is 1. The van der Waals surface area contributed by atoms with Crippen molar-refractivity contribution in [2.45, 2.75) is 12.5 Å². The second-order valence-corrected chi connectivity index (χ2v) is 5.08. The lowest BCUT2D eigenvalue weighted by Gasteiger charge is -2.17. The van der Waals surface area contributed by atoms with E-state index in [1.54, 1.807) is 36.4 Å². The van der Waals surface area contributed by atoms with Gasteiger partial charge >= 0.3 is 5.97 Å². The van der Waals surface area contributed by atoms with E-state index in [4.69, 9.17) is 9.47 Å². The molecule has 6 heteroatoms. The lowest BCUT2D eigenvalue weighted by molar-refractivity contribution is -0.142. The summed E-state index contributed by atoms with van der Waals surface area (Å²) in [6, 6.07) is 11.5. The summed E-state index contributed by atoms with van der Waals surface area (Å²) in [6.07, 6.45) is 0.188. The second-order valence-electron chi connectivity index (χ2n) is 5.08. The molecule has 2 rings (SSSR count). The zero-order valence-electron chi connectivity index (χ0n) is 13.4. The molecule has 2 aromatic rings. The molecule has 0 aliphatic carbocycles. The van der Waals surface area contributed by atoms with Gasteiger partial charge in [-0.05, 0) is 29.8 Å². The third-order valence-electron chi connectivity index (χ3n) is 3.50. The van der Waals surface area contributed by atoms with Crippen LogP contribution in [0.4, 0.5) is 4.39 Å². The first kappa shape index (κ1) is 17.5. The third kappa shape index (κ3) is 4.32. The molecule has 0 aliphatic heterocycles. The van der Waals surface area contributed by atoms with Gasteiger partial charge in [0.25, 0.3) is 5.91 Å². The monoisotopic (exact) mass is 331 g/mol. The van der Waals surface area contributed by atoms with Gasteiger partial charge in [-0.15, -0.1) is 0 Å². The average Bonchev–Trinajstić information content (AvgIpc) is 2.62. The van der Waals surface area contributed by atoms with Crippen molar-refractivity contribution in [3.8, 4) is 5.75 Å². The predicted molar refractivity (Wildman–Crippen MR) is 86.4 cm³/mol. The molecule has 0 aromatic heterocycles. The minimum Gasteiger partial charge on any atom is -0.496 e. The Morgan fingerprint density at radius 3 is 2.38 bits per heavy atom. The minimum atomic E-state index is -0.891. The number of nitrogens with one attached hydrogen (secondary N) is 1. The fraction of sp³-hybridized carbons (Fsp3) is 0.222. The number of carbonyl (C=O) groups excluding carboxylic acids is 2. The van der Waals surface area contributed by atoms with Crippen molar-refractivity contribution in [1.82, 2.24) is 5.32 Å². The summed E-state index contributed by atoms with van der Waals surface area (Å²) >= 11 is 0. The van der Waals surface area contributed by atoms with E-state index >= 15 is 0 Å². The number of carbonyl (C=O) groups is 2. The summed E-state index contributed by atoms with van der Waals surface area (Å²) < 4.78 is 22.9. The zero-order valence-corrected chi connectivity index (χ0v) is 13.4. The second kappa shape index (κ2) is 8.10. The number of esters is 1. The predicted octanol–water partition coefficient (Wildman–Crippen LogP) is 2.35. The Bertz CT molecular complexity index is 715. The molecule has 1 N–H and O–H groups in total. The SMILES string of the molecule is COC(=O)[C@@H](Cc1ccc(F)cc1)NC(=O)c1ccccc1OC. The fourth-order valence-corrected chi connectivity index (χ4v) is 2.26. The number of ether oxygens (including phenoxy) is 2. The molecule has 0 aliphatic rings. The van der Waals surface area contributed by atoms with E-state index in [2.05, 4.69) is 5.32 Å². The number of hydrogen-bond donors (Lipinski definition) is 1. The van der Waals surface area contributed by atoms with E-state index in [1.165, 1.54) is 26.4 Å². The van der Waals surface area contributed by atoms with Gasteiger partial charge in [-0.25, -0.2) is 9.18 Å². The molecule has 0 spiro atoms. The van der Waals surface area contributed by atoms with E-state index in [0.717, 1.165) is 0 Å². The first-order valence-corrected chi connectivity index (χ1v) is 7.31. The molecule has 0 unspecified atom stereocenters. The molecule has 0 saturated carbocycles.